The van der Waals surface area contributed by atoms with Gasteiger partial charge in [-0.3, -0.25) is 4.79 Å². The van der Waals surface area contributed by atoms with Crippen molar-refractivity contribution in [3.8, 4) is 5.75 Å². The standard InChI is InChI=1S/C12H14O2S/c1-3-14-11-7-4-10(5-8-11)6-9-12(13)15-2/h4-9H,3H2,1-2H3/b9-6+. The van der Waals surface area contributed by atoms with Gasteiger partial charge in [-0.15, -0.1) is 0 Å². The number of carbonyl (C=O) groups excluding carboxylic acids is 1. The first-order valence-electron chi connectivity index (χ1n) is 4.75. The molecule has 0 atom stereocenters. The number of benzene rings is 1. The average Bonchev–Trinajstić information content (AvgIpc) is 2.28. The molecule has 0 saturated carbocycles. The van der Waals surface area contributed by atoms with Gasteiger partial charge >= 0.3 is 0 Å². The summed E-state index contributed by atoms with van der Waals surface area (Å²) in [6.07, 6.45) is 5.14. The molecule has 0 bridgehead atoms. The van der Waals surface area contributed by atoms with E-state index in [1.165, 1.54) is 11.8 Å². The fourth-order valence-electron chi connectivity index (χ4n) is 1.07. The lowest BCUT2D eigenvalue weighted by molar-refractivity contribution is -0.106. The molecule has 0 aliphatic heterocycles. The Morgan fingerprint density at radius 3 is 2.60 bits per heavy atom. The van der Waals surface area contributed by atoms with E-state index in [1.807, 2.05) is 31.2 Å². The van der Waals surface area contributed by atoms with Gasteiger partial charge in [-0.05, 0) is 37.0 Å². The zero-order valence-corrected chi connectivity index (χ0v) is 9.71. The van der Waals surface area contributed by atoms with Crippen molar-refractivity contribution in [1.82, 2.24) is 0 Å². The first-order chi connectivity index (χ1) is 7.26. The lowest BCUT2D eigenvalue weighted by Gasteiger charge is -2.01. The summed E-state index contributed by atoms with van der Waals surface area (Å²) in [6.45, 7) is 2.62. The third-order valence-electron chi connectivity index (χ3n) is 1.80. The topological polar surface area (TPSA) is 26.3 Å². The van der Waals surface area contributed by atoms with Gasteiger partial charge < -0.3 is 4.74 Å². The highest BCUT2D eigenvalue weighted by Crippen LogP contribution is 2.13. The van der Waals surface area contributed by atoms with E-state index in [-0.39, 0.29) is 5.12 Å². The molecule has 0 saturated heterocycles. The largest absolute Gasteiger partial charge is 0.494 e. The smallest absolute Gasteiger partial charge is 0.211 e. The summed E-state index contributed by atoms with van der Waals surface area (Å²) in [5.74, 6) is 0.853. The van der Waals surface area contributed by atoms with Crippen LogP contribution in [0.15, 0.2) is 30.3 Å². The molecule has 0 heterocycles. The number of carbonyl (C=O) groups is 1. The Kier molecular flexibility index (Phi) is 4.98. The molecule has 0 aromatic heterocycles. The van der Waals surface area contributed by atoms with E-state index < -0.39 is 0 Å². The van der Waals surface area contributed by atoms with Gasteiger partial charge in [0.2, 0.25) is 5.12 Å². The van der Waals surface area contributed by atoms with Crippen molar-refractivity contribution in [3.63, 3.8) is 0 Å². The van der Waals surface area contributed by atoms with E-state index in [9.17, 15) is 4.79 Å². The summed E-state index contributed by atoms with van der Waals surface area (Å²) in [7, 11) is 0. The lowest BCUT2D eigenvalue weighted by atomic mass is 10.2. The van der Waals surface area contributed by atoms with Gasteiger partial charge in [0.25, 0.3) is 0 Å². The van der Waals surface area contributed by atoms with Crippen LogP contribution < -0.4 is 4.74 Å². The zero-order chi connectivity index (χ0) is 11.1. The number of rotatable bonds is 4. The molecule has 1 aromatic carbocycles. The lowest BCUT2D eigenvalue weighted by Crippen LogP contribution is -1.90. The van der Waals surface area contributed by atoms with Crippen molar-refractivity contribution < 1.29 is 9.53 Å². The van der Waals surface area contributed by atoms with Gasteiger partial charge in [-0.25, -0.2) is 0 Å². The second kappa shape index (κ2) is 6.30. The van der Waals surface area contributed by atoms with E-state index in [0.717, 1.165) is 11.3 Å². The van der Waals surface area contributed by atoms with Gasteiger partial charge in [0.15, 0.2) is 0 Å². The van der Waals surface area contributed by atoms with E-state index in [0.29, 0.717) is 6.61 Å². The van der Waals surface area contributed by atoms with Crippen LogP contribution in [0.4, 0.5) is 0 Å². The molecular weight excluding hydrogens is 208 g/mol. The molecule has 3 heteroatoms. The second-order valence-corrected chi connectivity index (χ2v) is 3.67. The van der Waals surface area contributed by atoms with Crippen molar-refractivity contribution in [1.29, 1.82) is 0 Å². The third kappa shape index (κ3) is 4.21. The molecule has 0 spiro atoms. The Hall–Kier alpha value is -1.22. The Labute approximate surface area is 94.3 Å². The molecule has 0 fully saturated rings. The maximum absolute atomic E-state index is 11.0. The summed E-state index contributed by atoms with van der Waals surface area (Å²) in [5.41, 5.74) is 1.00. The van der Waals surface area contributed by atoms with Crippen LogP contribution >= 0.6 is 11.8 Å². The summed E-state index contributed by atoms with van der Waals surface area (Å²) < 4.78 is 5.31. The fraction of sp³-hybridized carbons (Fsp3) is 0.250. The van der Waals surface area contributed by atoms with Crippen molar-refractivity contribution in [2.75, 3.05) is 12.9 Å². The maximum atomic E-state index is 11.0. The Balaban J connectivity index is 2.64. The van der Waals surface area contributed by atoms with Gasteiger partial charge in [-0.2, -0.15) is 0 Å². The molecular formula is C12H14O2S. The van der Waals surface area contributed by atoms with Crippen LogP contribution in [0.3, 0.4) is 0 Å². The number of hydrogen-bond donors (Lipinski definition) is 0. The second-order valence-electron chi connectivity index (χ2n) is 2.86. The summed E-state index contributed by atoms with van der Waals surface area (Å²) in [5, 5.41) is 0.0592. The third-order valence-corrected chi connectivity index (χ3v) is 2.34. The molecule has 80 valence electrons. The quantitative estimate of drug-likeness (QED) is 0.733. The zero-order valence-electron chi connectivity index (χ0n) is 8.90. The normalized spacial score (nSPS) is 10.5. The summed E-state index contributed by atoms with van der Waals surface area (Å²) in [6, 6.07) is 7.64. The SMILES string of the molecule is CCOc1ccc(/C=C/C(=O)SC)cc1. The minimum atomic E-state index is 0.0592. The van der Waals surface area contributed by atoms with Gasteiger partial charge in [0, 0.05) is 0 Å². The van der Waals surface area contributed by atoms with Crippen LogP contribution in [-0.2, 0) is 4.79 Å². The highest BCUT2D eigenvalue weighted by Gasteiger charge is 1.93. The fourth-order valence-corrected chi connectivity index (χ4v) is 1.28. The highest BCUT2D eigenvalue weighted by atomic mass is 32.2. The van der Waals surface area contributed by atoms with Crippen LogP contribution in [-0.4, -0.2) is 18.0 Å². The molecule has 0 aliphatic carbocycles. The van der Waals surface area contributed by atoms with Crippen LogP contribution in [0.5, 0.6) is 5.75 Å². The van der Waals surface area contributed by atoms with Crippen molar-refractivity contribution in [2.45, 2.75) is 6.92 Å². The minimum absolute atomic E-state index is 0.0592. The van der Waals surface area contributed by atoms with E-state index >= 15 is 0 Å². The number of ether oxygens (including phenoxy) is 1. The van der Waals surface area contributed by atoms with Crippen molar-refractivity contribution in [2.24, 2.45) is 0 Å². The molecule has 1 rings (SSSR count). The predicted molar refractivity (Wildman–Crippen MR) is 65.2 cm³/mol. The summed E-state index contributed by atoms with van der Waals surface area (Å²) >= 11 is 1.20. The number of thioether (sulfide) groups is 1. The first-order valence-corrected chi connectivity index (χ1v) is 5.97. The Bertz CT molecular complexity index is 341. The maximum Gasteiger partial charge on any atom is 0.211 e. The van der Waals surface area contributed by atoms with Crippen molar-refractivity contribution in [3.05, 3.63) is 35.9 Å². The van der Waals surface area contributed by atoms with E-state index in [1.54, 1.807) is 18.4 Å². The van der Waals surface area contributed by atoms with Gasteiger partial charge in [0.1, 0.15) is 5.75 Å². The highest BCUT2D eigenvalue weighted by molar-refractivity contribution is 8.13. The summed E-state index contributed by atoms with van der Waals surface area (Å²) in [4.78, 5) is 11.0. The van der Waals surface area contributed by atoms with Crippen LogP contribution in [0.1, 0.15) is 12.5 Å². The van der Waals surface area contributed by atoms with Crippen LogP contribution in [0.2, 0.25) is 0 Å². The van der Waals surface area contributed by atoms with E-state index in [4.69, 9.17) is 4.74 Å². The van der Waals surface area contributed by atoms with Gasteiger partial charge in [-0.1, -0.05) is 30.0 Å². The molecule has 0 amide bonds. The number of hydrogen-bond acceptors (Lipinski definition) is 3. The first kappa shape index (κ1) is 11.9. The predicted octanol–water partition coefficient (Wildman–Crippen LogP) is 2.99. The van der Waals surface area contributed by atoms with E-state index in [2.05, 4.69) is 0 Å². The molecule has 0 unspecified atom stereocenters. The van der Waals surface area contributed by atoms with Crippen molar-refractivity contribution >= 4 is 23.0 Å². The monoisotopic (exact) mass is 222 g/mol. The molecule has 0 aliphatic rings. The Morgan fingerprint density at radius 2 is 2.07 bits per heavy atom. The average molecular weight is 222 g/mol. The molecule has 0 radical (unpaired) electrons. The molecule has 1 aromatic rings. The van der Waals surface area contributed by atoms with Crippen LogP contribution in [0, 0.1) is 0 Å². The minimum Gasteiger partial charge on any atom is -0.494 e. The Morgan fingerprint density at radius 1 is 1.40 bits per heavy atom. The molecule has 0 N–H and O–H groups in total. The van der Waals surface area contributed by atoms with Gasteiger partial charge in [0.05, 0.1) is 6.61 Å². The molecule has 2 nitrogen and oxygen atoms in total. The van der Waals surface area contributed by atoms with Crippen LogP contribution in [0.25, 0.3) is 6.08 Å². The molecule has 15 heavy (non-hydrogen) atoms.